The first-order valence-electron chi connectivity index (χ1n) is 7.94. The quantitative estimate of drug-likeness (QED) is 0.631. The van der Waals surface area contributed by atoms with Gasteiger partial charge in [0.15, 0.2) is 0 Å². The first-order chi connectivity index (χ1) is 12.4. The topological polar surface area (TPSA) is 62.9 Å². The largest absolute Gasteiger partial charge is 0.506 e. The number of likely N-dealkylation sites (N-methyl/N-ethyl adjacent to an activating group) is 1. The van der Waals surface area contributed by atoms with Crippen LogP contribution in [0.4, 0.5) is 0 Å². The Kier molecular flexibility index (Phi) is 5.71. The molecular weight excluding hydrogens is 377 g/mol. The summed E-state index contributed by atoms with van der Waals surface area (Å²) in [6.45, 7) is 1.64. The summed E-state index contributed by atoms with van der Waals surface area (Å²) in [5.74, 6) is 0.625. The minimum atomic E-state index is -0.472. The van der Waals surface area contributed by atoms with Gasteiger partial charge in [0.2, 0.25) is 0 Å². The average Bonchev–Trinajstić information content (AvgIpc) is 2.58. The van der Waals surface area contributed by atoms with E-state index in [1.54, 1.807) is 18.2 Å². The minimum absolute atomic E-state index is 0.121. The van der Waals surface area contributed by atoms with E-state index in [1.807, 2.05) is 24.1 Å². The van der Waals surface area contributed by atoms with Crippen LogP contribution in [-0.4, -0.2) is 30.2 Å². The Morgan fingerprint density at radius 3 is 2.62 bits per heavy atom. The van der Waals surface area contributed by atoms with Gasteiger partial charge in [-0.15, -0.1) is 0 Å². The van der Waals surface area contributed by atoms with Crippen LogP contribution in [0.1, 0.15) is 5.56 Å². The third-order valence-corrected chi connectivity index (χ3v) is 4.45. The van der Waals surface area contributed by atoms with Crippen LogP contribution >= 0.6 is 23.2 Å². The van der Waals surface area contributed by atoms with Crippen LogP contribution < -0.4 is 10.4 Å². The van der Waals surface area contributed by atoms with E-state index in [1.165, 1.54) is 12.1 Å². The second kappa shape index (κ2) is 7.99. The van der Waals surface area contributed by atoms with Crippen molar-refractivity contribution in [3.8, 4) is 11.5 Å². The molecule has 0 spiro atoms. The third kappa shape index (κ3) is 4.49. The lowest BCUT2D eigenvalue weighted by atomic mass is 10.1. The fourth-order valence-electron chi connectivity index (χ4n) is 2.59. The summed E-state index contributed by atoms with van der Waals surface area (Å²) < 4.78 is 10.8. The monoisotopic (exact) mass is 393 g/mol. The van der Waals surface area contributed by atoms with Crippen molar-refractivity contribution in [3.63, 3.8) is 0 Å². The van der Waals surface area contributed by atoms with Gasteiger partial charge in [-0.1, -0.05) is 23.2 Å². The molecule has 0 aliphatic carbocycles. The maximum absolute atomic E-state index is 11.8. The summed E-state index contributed by atoms with van der Waals surface area (Å²) in [5, 5.41) is 11.3. The third-order valence-electron chi connectivity index (χ3n) is 3.89. The van der Waals surface area contributed by atoms with Gasteiger partial charge in [0.1, 0.15) is 23.7 Å². The predicted molar refractivity (Wildman–Crippen MR) is 102 cm³/mol. The number of rotatable bonds is 6. The molecule has 1 heterocycles. The van der Waals surface area contributed by atoms with Crippen LogP contribution in [0.2, 0.25) is 10.0 Å². The molecule has 0 saturated carbocycles. The molecule has 0 fully saturated rings. The Balaban J connectivity index is 1.68. The maximum Gasteiger partial charge on any atom is 0.336 e. The number of phenols is 1. The normalized spacial score (nSPS) is 11.2. The van der Waals surface area contributed by atoms with Gasteiger partial charge >= 0.3 is 5.63 Å². The molecule has 1 N–H and O–H groups in total. The lowest BCUT2D eigenvalue weighted by Gasteiger charge is -2.18. The summed E-state index contributed by atoms with van der Waals surface area (Å²) in [6.07, 6.45) is 0. The molecule has 0 bridgehead atoms. The molecule has 0 radical (unpaired) electrons. The molecule has 136 valence electrons. The number of hydrogen-bond donors (Lipinski definition) is 1. The van der Waals surface area contributed by atoms with Crippen molar-refractivity contribution >= 4 is 34.2 Å². The molecule has 0 aliphatic rings. The number of halogens is 2. The second-order valence-electron chi connectivity index (χ2n) is 5.93. The van der Waals surface area contributed by atoms with Gasteiger partial charge in [-0.25, -0.2) is 4.79 Å². The van der Waals surface area contributed by atoms with Gasteiger partial charge in [0.25, 0.3) is 0 Å². The van der Waals surface area contributed by atoms with Crippen molar-refractivity contribution in [1.29, 1.82) is 0 Å². The van der Waals surface area contributed by atoms with E-state index < -0.39 is 5.63 Å². The molecule has 7 heteroatoms. The van der Waals surface area contributed by atoms with E-state index >= 15 is 0 Å². The van der Waals surface area contributed by atoms with Crippen molar-refractivity contribution in [2.75, 3.05) is 20.2 Å². The Morgan fingerprint density at radius 2 is 1.88 bits per heavy atom. The van der Waals surface area contributed by atoms with Gasteiger partial charge in [-0.3, -0.25) is 4.90 Å². The number of nitrogens with zero attached hydrogens (tertiary/aromatic N) is 1. The zero-order chi connectivity index (χ0) is 18.7. The predicted octanol–water partition coefficient (Wildman–Crippen LogP) is 4.32. The fourth-order valence-corrected chi connectivity index (χ4v) is 2.88. The van der Waals surface area contributed by atoms with Gasteiger partial charge in [0, 0.05) is 35.6 Å². The van der Waals surface area contributed by atoms with E-state index in [0.29, 0.717) is 35.7 Å². The van der Waals surface area contributed by atoms with E-state index in [9.17, 15) is 9.90 Å². The zero-order valence-corrected chi connectivity index (χ0v) is 15.5. The molecule has 0 saturated heterocycles. The van der Waals surface area contributed by atoms with Gasteiger partial charge in [0.05, 0.1) is 5.02 Å². The van der Waals surface area contributed by atoms with Crippen LogP contribution in [0.3, 0.4) is 0 Å². The molecule has 0 aliphatic heterocycles. The molecule has 0 amide bonds. The maximum atomic E-state index is 11.8. The summed E-state index contributed by atoms with van der Waals surface area (Å²) in [5.41, 5.74) is 0.604. The average molecular weight is 394 g/mol. The molecule has 2 aromatic carbocycles. The zero-order valence-electron chi connectivity index (χ0n) is 14.0. The summed E-state index contributed by atoms with van der Waals surface area (Å²) >= 11 is 11.8. The number of hydrogen-bond acceptors (Lipinski definition) is 5. The Bertz CT molecular complexity index is 970. The van der Waals surface area contributed by atoms with Crippen molar-refractivity contribution < 1.29 is 14.3 Å². The summed E-state index contributed by atoms with van der Waals surface area (Å²) in [6, 6.07) is 11.6. The van der Waals surface area contributed by atoms with Crippen molar-refractivity contribution in [3.05, 3.63) is 68.5 Å². The molecule has 26 heavy (non-hydrogen) atoms. The van der Waals surface area contributed by atoms with Gasteiger partial charge < -0.3 is 14.3 Å². The fraction of sp³-hybridized carbons (Fsp3) is 0.211. The molecule has 1 aromatic heterocycles. The SMILES string of the molecule is CN(CCOc1ccc(Cl)cc1)Cc1cc(=O)oc2cc(O)c(Cl)cc12. The van der Waals surface area contributed by atoms with Crippen LogP contribution in [0.5, 0.6) is 11.5 Å². The highest BCUT2D eigenvalue weighted by Crippen LogP contribution is 2.30. The van der Waals surface area contributed by atoms with E-state index in [4.69, 9.17) is 32.4 Å². The van der Waals surface area contributed by atoms with E-state index in [2.05, 4.69) is 0 Å². The van der Waals surface area contributed by atoms with E-state index in [0.717, 1.165) is 11.3 Å². The number of benzene rings is 2. The number of ether oxygens (including phenoxy) is 1. The minimum Gasteiger partial charge on any atom is -0.506 e. The highest BCUT2D eigenvalue weighted by Gasteiger charge is 2.11. The smallest absolute Gasteiger partial charge is 0.336 e. The molecule has 3 rings (SSSR count). The standard InChI is InChI=1S/C19H17Cl2NO4/c1-22(6-7-25-14-4-2-13(20)3-5-14)11-12-8-19(24)26-18-10-17(23)16(21)9-15(12)18/h2-5,8-10,23H,6-7,11H2,1H3. The molecule has 5 nitrogen and oxygen atoms in total. The van der Waals surface area contributed by atoms with Gasteiger partial charge in [-0.2, -0.15) is 0 Å². The van der Waals surface area contributed by atoms with Crippen LogP contribution in [-0.2, 0) is 6.54 Å². The van der Waals surface area contributed by atoms with Crippen molar-refractivity contribution in [2.45, 2.75) is 6.54 Å². The van der Waals surface area contributed by atoms with Crippen LogP contribution in [0, 0.1) is 0 Å². The first kappa shape index (κ1) is 18.6. The molecular formula is C19H17Cl2NO4. The highest BCUT2D eigenvalue weighted by atomic mass is 35.5. The Morgan fingerprint density at radius 1 is 1.15 bits per heavy atom. The number of phenolic OH excluding ortho intramolecular Hbond substituents is 1. The first-order valence-corrected chi connectivity index (χ1v) is 8.70. The van der Waals surface area contributed by atoms with E-state index in [-0.39, 0.29) is 10.8 Å². The molecule has 0 atom stereocenters. The Labute approximate surface area is 160 Å². The van der Waals surface area contributed by atoms with Crippen molar-refractivity contribution in [1.82, 2.24) is 4.90 Å². The summed E-state index contributed by atoms with van der Waals surface area (Å²) in [4.78, 5) is 13.8. The van der Waals surface area contributed by atoms with Crippen LogP contribution in [0.25, 0.3) is 11.0 Å². The molecule has 3 aromatic rings. The second-order valence-corrected chi connectivity index (χ2v) is 6.77. The highest BCUT2D eigenvalue weighted by molar-refractivity contribution is 6.32. The van der Waals surface area contributed by atoms with Gasteiger partial charge in [-0.05, 0) is 42.9 Å². The Hall–Kier alpha value is -2.21. The molecule has 0 unspecified atom stereocenters. The number of aromatic hydroxyl groups is 1. The number of fused-ring (bicyclic) bond motifs is 1. The summed E-state index contributed by atoms with van der Waals surface area (Å²) in [7, 11) is 1.92. The lowest BCUT2D eigenvalue weighted by molar-refractivity contribution is 0.233. The lowest BCUT2D eigenvalue weighted by Crippen LogP contribution is -2.24. The van der Waals surface area contributed by atoms with Crippen molar-refractivity contribution in [2.24, 2.45) is 0 Å². The van der Waals surface area contributed by atoms with Crippen LogP contribution in [0.15, 0.2) is 51.7 Å².